The molecule has 6 heteroatoms. The van der Waals surface area contributed by atoms with Crippen molar-refractivity contribution in [1.82, 2.24) is 0 Å². The van der Waals surface area contributed by atoms with Gasteiger partial charge in [0, 0.05) is 19.3 Å². The maximum Gasteiger partial charge on any atom is 0.306 e. The second-order valence-corrected chi connectivity index (χ2v) is 18.0. The molecule has 0 saturated carbocycles. The van der Waals surface area contributed by atoms with Crippen LogP contribution in [0.4, 0.5) is 0 Å². The largest absolute Gasteiger partial charge is 0.462 e. The van der Waals surface area contributed by atoms with Gasteiger partial charge in [-0.2, -0.15) is 0 Å². The van der Waals surface area contributed by atoms with E-state index in [1.165, 1.54) is 96.3 Å². The number of esters is 3. The molecule has 0 spiro atoms. The third kappa shape index (κ3) is 51.3. The van der Waals surface area contributed by atoms with Crippen LogP contribution in [0.25, 0.3) is 0 Å². The number of hydrogen-bond acceptors (Lipinski definition) is 6. The Morgan fingerprint density at radius 3 is 0.879 bits per heavy atom. The predicted molar refractivity (Wildman–Crippen MR) is 284 cm³/mol. The van der Waals surface area contributed by atoms with Crippen molar-refractivity contribution >= 4 is 17.9 Å². The summed E-state index contributed by atoms with van der Waals surface area (Å²) in [6, 6.07) is 0. The fourth-order valence-electron chi connectivity index (χ4n) is 7.35. The highest BCUT2D eigenvalue weighted by molar-refractivity contribution is 5.71. The van der Waals surface area contributed by atoms with Gasteiger partial charge in [-0.05, 0) is 70.6 Å². The van der Waals surface area contributed by atoms with Gasteiger partial charge in [0.25, 0.3) is 0 Å². The quantitative estimate of drug-likeness (QED) is 0.0262. The molecule has 0 heterocycles. The average Bonchev–Trinajstić information content (AvgIpc) is 3.31. The van der Waals surface area contributed by atoms with Crippen LogP contribution in [0.15, 0.2) is 97.2 Å². The highest BCUT2D eigenvalue weighted by Gasteiger charge is 2.19. The number of allylic oxidation sites excluding steroid dienone is 16. The Hall–Kier alpha value is -3.67. The van der Waals surface area contributed by atoms with Gasteiger partial charge in [0.05, 0.1) is 0 Å². The monoisotopic (exact) mass is 917 g/mol. The molecule has 0 aliphatic heterocycles. The van der Waals surface area contributed by atoms with E-state index in [4.69, 9.17) is 14.2 Å². The van der Waals surface area contributed by atoms with Crippen molar-refractivity contribution in [1.29, 1.82) is 0 Å². The number of rotatable bonds is 48. The summed E-state index contributed by atoms with van der Waals surface area (Å²) in [6.45, 7) is 6.52. The molecule has 0 fully saturated rings. The van der Waals surface area contributed by atoms with Crippen molar-refractivity contribution < 1.29 is 28.6 Å². The number of ether oxygens (including phenoxy) is 3. The zero-order valence-corrected chi connectivity index (χ0v) is 42.9. The molecular weight excluding hydrogens is 817 g/mol. The van der Waals surface area contributed by atoms with Gasteiger partial charge in [-0.3, -0.25) is 14.4 Å². The molecule has 0 rings (SSSR count). The van der Waals surface area contributed by atoms with E-state index in [1.54, 1.807) is 0 Å². The standard InChI is InChI=1S/C60H100O6/c1-4-7-10-13-16-19-22-25-27-29-31-33-35-38-41-44-47-50-53-59(62)65-56-57(55-64-58(61)52-49-46-43-40-37-24-21-18-15-12-9-6-3)66-60(63)54-51-48-45-42-39-36-34-32-30-28-26-23-20-17-14-11-8-5-2/h16-17,19-20,22-23,25-34,57H,4-15,18,21,24,35-56H2,1-3H3/b19-16-,20-17-,25-22-,26-23-,29-27-,30-28-,33-31-,34-32-. The first-order valence-corrected chi connectivity index (χ1v) is 27.3. The summed E-state index contributed by atoms with van der Waals surface area (Å²) in [5.74, 6) is -0.940. The summed E-state index contributed by atoms with van der Waals surface area (Å²) >= 11 is 0. The molecule has 6 nitrogen and oxygen atoms in total. The van der Waals surface area contributed by atoms with Crippen molar-refractivity contribution in [3.8, 4) is 0 Å². The van der Waals surface area contributed by atoms with Crippen molar-refractivity contribution in [3.05, 3.63) is 97.2 Å². The lowest BCUT2D eigenvalue weighted by Crippen LogP contribution is -2.30. The minimum Gasteiger partial charge on any atom is -0.462 e. The van der Waals surface area contributed by atoms with Gasteiger partial charge >= 0.3 is 17.9 Å². The first kappa shape index (κ1) is 62.3. The lowest BCUT2D eigenvalue weighted by Gasteiger charge is -2.18. The molecule has 0 aromatic heterocycles. The first-order chi connectivity index (χ1) is 32.5. The van der Waals surface area contributed by atoms with Crippen molar-refractivity contribution in [2.75, 3.05) is 13.2 Å². The van der Waals surface area contributed by atoms with Crippen LogP contribution in [0.3, 0.4) is 0 Å². The smallest absolute Gasteiger partial charge is 0.306 e. The fourth-order valence-corrected chi connectivity index (χ4v) is 7.35. The van der Waals surface area contributed by atoms with Crippen LogP contribution in [0.1, 0.15) is 245 Å². The Bertz CT molecular complexity index is 1330. The zero-order valence-electron chi connectivity index (χ0n) is 42.9. The van der Waals surface area contributed by atoms with Gasteiger partial charge in [-0.1, -0.05) is 253 Å². The number of hydrogen-bond donors (Lipinski definition) is 0. The second-order valence-electron chi connectivity index (χ2n) is 18.0. The number of carbonyl (C=O) groups excluding carboxylic acids is 3. The first-order valence-electron chi connectivity index (χ1n) is 27.3. The molecule has 0 aliphatic rings. The predicted octanol–water partition coefficient (Wildman–Crippen LogP) is 18.1. The molecule has 0 bridgehead atoms. The molecule has 66 heavy (non-hydrogen) atoms. The summed E-state index contributed by atoms with van der Waals surface area (Å²) in [7, 11) is 0. The van der Waals surface area contributed by atoms with Gasteiger partial charge in [0.2, 0.25) is 0 Å². The maximum absolute atomic E-state index is 12.8. The SMILES string of the molecule is CCCCC\C=C/C=C\C=C/C=C\CCCCCCCC(=O)OCC(COC(=O)CCCCCCCCCCCCCC)OC(=O)CCCCCCC\C=C/C=C\C=C/C=C\CCCCC. The summed E-state index contributed by atoms with van der Waals surface area (Å²) < 4.78 is 16.8. The van der Waals surface area contributed by atoms with Crippen LogP contribution >= 0.6 is 0 Å². The summed E-state index contributed by atoms with van der Waals surface area (Å²) in [4.78, 5) is 38.1. The molecule has 0 aliphatic carbocycles. The van der Waals surface area contributed by atoms with Crippen LogP contribution in [0, 0.1) is 0 Å². The Kier molecular flexibility index (Phi) is 50.9. The van der Waals surface area contributed by atoms with Gasteiger partial charge < -0.3 is 14.2 Å². The van der Waals surface area contributed by atoms with Crippen molar-refractivity contribution in [2.24, 2.45) is 0 Å². The Morgan fingerprint density at radius 1 is 0.303 bits per heavy atom. The van der Waals surface area contributed by atoms with E-state index in [0.717, 1.165) is 109 Å². The highest BCUT2D eigenvalue weighted by Crippen LogP contribution is 2.14. The Labute approximate surface area is 407 Å². The maximum atomic E-state index is 12.8. The van der Waals surface area contributed by atoms with Gasteiger partial charge in [-0.25, -0.2) is 0 Å². The molecule has 1 atom stereocenters. The van der Waals surface area contributed by atoms with Crippen molar-refractivity contribution in [2.45, 2.75) is 252 Å². The molecule has 376 valence electrons. The van der Waals surface area contributed by atoms with Gasteiger partial charge in [0.15, 0.2) is 6.10 Å². The van der Waals surface area contributed by atoms with E-state index in [-0.39, 0.29) is 31.1 Å². The summed E-state index contributed by atoms with van der Waals surface area (Å²) in [5.41, 5.74) is 0. The molecule has 0 saturated heterocycles. The molecule has 0 aromatic rings. The van der Waals surface area contributed by atoms with Crippen LogP contribution in [-0.2, 0) is 28.6 Å². The third-order valence-corrected chi connectivity index (χ3v) is 11.5. The van der Waals surface area contributed by atoms with Crippen LogP contribution < -0.4 is 0 Å². The Morgan fingerprint density at radius 2 is 0.545 bits per heavy atom. The van der Waals surface area contributed by atoms with E-state index >= 15 is 0 Å². The highest BCUT2D eigenvalue weighted by atomic mass is 16.6. The topological polar surface area (TPSA) is 78.9 Å². The third-order valence-electron chi connectivity index (χ3n) is 11.5. The van der Waals surface area contributed by atoms with Crippen molar-refractivity contribution in [3.63, 3.8) is 0 Å². The van der Waals surface area contributed by atoms with Gasteiger partial charge in [-0.15, -0.1) is 0 Å². The molecule has 1 unspecified atom stereocenters. The fraction of sp³-hybridized carbons (Fsp3) is 0.683. The average molecular weight is 917 g/mol. The molecule has 0 N–H and O–H groups in total. The molecular formula is C60H100O6. The normalized spacial score (nSPS) is 12.8. The lowest BCUT2D eigenvalue weighted by atomic mass is 10.0. The van der Waals surface area contributed by atoms with Gasteiger partial charge in [0.1, 0.15) is 13.2 Å². The molecule has 0 aromatic carbocycles. The van der Waals surface area contributed by atoms with Crippen LogP contribution in [0.5, 0.6) is 0 Å². The zero-order chi connectivity index (χ0) is 47.9. The molecule has 0 radical (unpaired) electrons. The summed E-state index contributed by atoms with van der Waals surface area (Å²) in [6.07, 6.45) is 70.9. The molecule has 0 amide bonds. The van der Waals surface area contributed by atoms with E-state index < -0.39 is 6.10 Å². The number of carbonyl (C=O) groups is 3. The van der Waals surface area contributed by atoms with E-state index in [2.05, 4.69) is 118 Å². The Balaban J connectivity index is 4.49. The lowest BCUT2D eigenvalue weighted by molar-refractivity contribution is -0.167. The minimum absolute atomic E-state index is 0.0945. The van der Waals surface area contributed by atoms with E-state index in [0.29, 0.717) is 19.3 Å². The summed E-state index contributed by atoms with van der Waals surface area (Å²) in [5, 5.41) is 0. The van der Waals surface area contributed by atoms with E-state index in [1.807, 2.05) is 0 Å². The number of unbranched alkanes of at least 4 members (excludes halogenated alkanes) is 27. The van der Waals surface area contributed by atoms with E-state index in [9.17, 15) is 14.4 Å². The minimum atomic E-state index is -0.799. The van der Waals surface area contributed by atoms with Crippen LogP contribution in [-0.4, -0.2) is 37.2 Å². The van der Waals surface area contributed by atoms with Crippen LogP contribution in [0.2, 0.25) is 0 Å². The second kappa shape index (κ2) is 53.9.